The van der Waals surface area contributed by atoms with Crippen molar-refractivity contribution >= 4 is 11.9 Å². The van der Waals surface area contributed by atoms with Crippen molar-refractivity contribution in [2.24, 2.45) is 0 Å². The van der Waals surface area contributed by atoms with E-state index in [1.165, 1.54) is 7.05 Å². The Hall–Kier alpha value is -2.73. The molecule has 1 heterocycles. The number of hydrogen-bond donors (Lipinski definition) is 3. The number of hydrogen-bond acceptors (Lipinski definition) is 4. The summed E-state index contributed by atoms with van der Waals surface area (Å²) in [6.07, 6.45) is 3.56. The van der Waals surface area contributed by atoms with E-state index in [0.29, 0.717) is 0 Å². The molecule has 2 aromatic rings. The Morgan fingerprint density at radius 1 is 1.13 bits per heavy atom. The molecule has 0 aliphatic carbocycles. The zero-order valence-corrected chi connectivity index (χ0v) is 13.2. The molecule has 0 saturated carbocycles. The third-order valence-corrected chi connectivity index (χ3v) is 3.45. The second-order valence-electron chi connectivity index (χ2n) is 5.09. The number of pyridine rings is 1. The predicted octanol–water partition coefficient (Wildman–Crippen LogP) is 1.85. The molecule has 23 heavy (non-hydrogen) atoms. The van der Waals surface area contributed by atoms with Gasteiger partial charge in [0.05, 0.1) is 6.54 Å². The maximum Gasteiger partial charge on any atom is 0.321 e. The molecule has 3 amide bonds. The molecule has 6 heteroatoms. The van der Waals surface area contributed by atoms with Crippen LogP contribution < -0.4 is 16.0 Å². The Bertz CT molecular complexity index is 656. The standard InChI is InChI=1S/C17H20N4O2/c1-12(20-11-16(22)21-17(23)18-2)13-5-7-14(8-6-13)15-4-3-9-19-10-15/h3-10,12,20H,11H2,1-2H3,(H2,18,21,22,23)/t12-/m1/s1. The summed E-state index contributed by atoms with van der Waals surface area (Å²) in [6.45, 7) is 2.03. The Morgan fingerprint density at radius 2 is 1.87 bits per heavy atom. The molecule has 0 saturated heterocycles. The quantitative estimate of drug-likeness (QED) is 0.787. The summed E-state index contributed by atoms with van der Waals surface area (Å²) < 4.78 is 0. The molecule has 1 aromatic heterocycles. The molecule has 1 aromatic carbocycles. The minimum Gasteiger partial charge on any atom is -0.341 e. The molecular formula is C17H20N4O2. The van der Waals surface area contributed by atoms with Crippen LogP contribution in [0.4, 0.5) is 4.79 Å². The Kier molecular flexibility index (Phi) is 5.82. The monoisotopic (exact) mass is 312 g/mol. The number of amides is 3. The van der Waals surface area contributed by atoms with E-state index in [1.54, 1.807) is 6.20 Å². The highest BCUT2D eigenvalue weighted by Crippen LogP contribution is 2.20. The highest BCUT2D eigenvalue weighted by Gasteiger charge is 2.09. The zero-order valence-electron chi connectivity index (χ0n) is 13.2. The van der Waals surface area contributed by atoms with Gasteiger partial charge in [-0.3, -0.25) is 15.1 Å². The second-order valence-corrected chi connectivity index (χ2v) is 5.09. The SMILES string of the molecule is CNC(=O)NC(=O)CN[C@H](C)c1ccc(-c2cccnc2)cc1. The average Bonchev–Trinajstić information content (AvgIpc) is 2.60. The van der Waals surface area contributed by atoms with E-state index in [0.717, 1.165) is 16.7 Å². The predicted molar refractivity (Wildman–Crippen MR) is 88.7 cm³/mol. The number of imide groups is 1. The summed E-state index contributed by atoms with van der Waals surface area (Å²) in [5, 5.41) is 7.62. The first-order valence-corrected chi connectivity index (χ1v) is 7.35. The van der Waals surface area contributed by atoms with E-state index in [2.05, 4.69) is 20.9 Å². The first-order valence-electron chi connectivity index (χ1n) is 7.35. The molecular weight excluding hydrogens is 292 g/mol. The third-order valence-electron chi connectivity index (χ3n) is 3.45. The number of nitrogens with one attached hydrogen (secondary N) is 3. The lowest BCUT2D eigenvalue weighted by atomic mass is 10.0. The minimum absolute atomic E-state index is 0.00612. The Labute approximate surface area is 135 Å². The van der Waals surface area contributed by atoms with Gasteiger partial charge in [0.1, 0.15) is 0 Å². The van der Waals surface area contributed by atoms with Crippen LogP contribution in [0.2, 0.25) is 0 Å². The van der Waals surface area contributed by atoms with Crippen LogP contribution in [0.25, 0.3) is 11.1 Å². The van der Waals surface area contributed by atoms with Gasteiger partial charge in [-0.15, -0.1) is 0 Å². The van der Waals surface area contributed by atoms with Crippen molar-refractivity contribution in [3.63, 3.8) is 0 Å². The number of nitrogens with zero attached hydrogens (tertiary/aromatic N) is 1. The van der Waals surface area contributed by atoms with Crippen molar-refractivity contribution in [3.8, 4) is 11.1 Å². The number of carbonyl (C=O) groups excluding carboxylic acids is 2. The fraction of sp³-hybridized carbons (Fsp3) is 0.235. The molecule has 0 bridgehead atoms. The van der Waals surface area contributed by atoms with Crippen molar-refractivity contribution < 1.29 is 9.59 Å². The van der Waals surface area contributed by atoms with E-state index in [4.69, 9.17) is 0 Å². The van der Waals surface area contributed by atoms with Crippen molar-refractivity contribution in [1.29, 1.82) is 0 Å². The van der Waals surface area contributed by atoms with E-state index in [9.17, 15) is 9.59 Å². The summed E-state index contributed by atoms with van der Waals surface area (Å²) in [5.74, 6) is -0.372. The first-order chi connectivity index (χ1) is 11.1. The van der Waals surface area contributed by atoms with Gasteiger partial charge in [-0.1, -0.05) is 30.3 Å². The van der Waals surface area contributed by atoms with E-state index < -0.39 is 6.03 Å². The van der Waals surface area contributed by atoms with Gasteiger partial charge in [-0.25, -0.2) is 4.79 Å². The lowest BCUT2D eigenvalue weighted by Gasteiger charge is -2.14. The van der Waals surface area contributed by atoms with Gasteiger partial charge in [-0.05, 0) is 29.7 Å². The van der Waals surface area contributed by atoms with Gasteiger partial charge in [-0.2, -0.15) is 0 Å². The van der Waals surface area contributed by atoms with Crippen LogP contribution in [-0.2, 0) is 4.79 Å². The van der Waals surface area contributed by atoms with Gasteiger partial charge in [0, 0.05) is 25.5 Å². The lowest BCUT2D eigenvalue weighted by molar-refractivity contribution is -0.119. The first kappa shape index (κ1) is 16.6. The van der Waals surface area contributed by atoms with E-state index in [1.807, 2.05) is 49.5 Å². The van der Waals surface area contributed by atoms with Crippen LogP contribution in [0, 0.1) is 0 Å². The number of benzene rings is 1. The summed E-state index contributed by atoms with van der Waals surface area (Å²) in [5.41, 5.74) is 3.21. The molecule has 1 atom stereocenters. The maximum absolute atomic E-state index is 11.5. The van der Waals surface area contributed by atoms with Crippen molar-refractivity contribution in [3.05, 3.63) is 54.4 Å². The Morgan fingerprint density at radius 3 is 2.48 bits per heavy atom. The molecule has 3 N–H and O–H groups in total. The fourth-order valence-electron chi connectivity index (χ4n) is 2.09. The summed E-state index contributed by atoms with van der Waals surface area (Å²) >= 11 is 0. The second kappa shape index (κ2) is 8.05. The van der Waals surface area contributed by atoms with Crippen molar-refractivity contribution in [2.45, 2.75) is 13.0 Å². The summed E-state index contributed by atoms with van der Waals surface area (Å²) in [4.78, 5) is 26.7. The van der Waals surface area contributed by atoms with E-state index >= 15 is 0 Å². The van der Waals surface area contributed by atoms with Crippen LogP contribution in [0.15, 0.2) is 48.8 Å². The molecule has 0 fully saturated rings. The largest absolute Gasteiger partial charge is 0.341 e. The minimum atomic E-state index is -0.509. The zero-order chi connectivity index (χ0) is 16.7. The van der Waals surface area contributed by atoms with Gasteiger partial charge in [0.2, 0.25) is 5.91 Å². The van der Waals surface area contributed by atoms with Gasteiger partial charge in [0.25, 0.3) is 0 Å². The van der Waals surface area contributed by atoms with Crippen LogP contribution in [-0.4, -0.2) is 30.5 Å². The van der Waals surface area contributed by atoms with Crippen LogP contribution >= 0.6 is 0 Å². The van der Waals surface area contributed by atoms with Crippen LogP contribution in [0.5, 0.6) is 0 Å². The van der Waals surface area contributed by atoms with E-state index in [-0.39, 0.29) is 18.5 Å². The van der Waals surface area contributed by atoms with Gasteiger partial charge in [0.15, 0.2) is 0 Å². The molecule has 0 radical (unpaired) electrons. The van der Waals surface area contributed by atoms with Crippen molar-refractivity contribution in [1.82, 2.24) is 20.9 Å². The average molecular weight is 312 g/mol. The number of carbonyl (C=O) groups is 2. The molecule has 0 aliphatic rings. The topological polar surface area (TPSA) is 83.1 Å². The molecule has 120 valence electrons. The highest BCUT2D eigenvalue weighted by atomic mass is 16.2. The molecule has 0 spiro atoms. The number of rotatable bonds is 5. The number of urea groups is 1. The maximum atomic E-state index is 11.5. The van der Waals surface area contributed by atoms with Crippen molar-refractivity contribution in [2.75, 3.05) is 13.6 Å². The molecule has 0 aliphatic heterocycles. The third kappa shape index (κ3) is 4.89. The van der Waals surface area contributed by atoms with Crippen LogP contribution in [0.3, 0.4) is 0 Å². The van der Waals surface area contributed by atoms with Gasteiger partial charge >= 0.3 is 6.03 Å². The molecule has 6 nitrogen and oxygen atoms in total. The summed E-state index contributed by atoms with van der Waals surface area (Å²) in [7, 11) is 1.46. The Balaban J connectivity index is 1.91. The lowest BCUT2D eigenvalue weighted by Crippen LogP contribution is -2.42. The molecule has 2 rings (SSSR count). The normalized spacial score (nSPS) is 11.6. The smallest absolute Gasteiger partial charge is 0.321 e. The molecule has 0 unspecified atom stereocenters. The van der Waals surface area contributed by atoms with Gasteiger partial charge < -0.3 is 10.6 Å². The highest BCUT2D eigenvalue weighted by molar-refractivity contribution is 5.95. The summed E-state index contributed by atoms with van der Waals surface area (Å²) in [6, 6.07) is 11.5. The van der Waals surface area contributed by atoms with Crippen LogP contribution in [0.1, 0.15) is 18.5 Å². The number of aromatic nitrogens is 1. The fourth-order valence-corrected chi connectivity index (χ4v) is 2.09.